The quantitative estimate of drug-likeness (QED) is 0.168. The predicted octanol–water partition coefficient (Wildman–Crippen LogP) is 5.62. The molecule has 1 aliphatic rings. The van der Waals surface area contributed by atoms with Crippen LogP contribution in [0.1, 0.15) is 50.4 Å². The molecule has 3 aromatic carbocycles. The Morgan fingerprint density at radius 2 is 1.54 bits per heavy atom. The number of aromatic nitrogens is 1. The number of carbonyl (C=O) groups is 2. The topological polar surface area (TPSA) is 168 Å². The highest BCUT2D eigenvalue weighted by molar-refractivity contribution is 9.10. The van der Waals surface area contributed by atoms with Crippen molar-refractivity contribution in [3.8, 4) is 0 Å². The van der Waals surface area contributed by atoms with E-state index in [-0.39, 0.29) is 17.0 Å². The smallest absolute Gasteiger partial charge is 0.337 e. The fraction of sp³-hybridized carbons (Fsp3) is 0.179. The van der Waals surface area contributed by atoms with E-state index < -0.39 is 22.1 Å². The molecule has 0 saturated heterocycles. The second-order valence-corrected chi connectivity index (χ2v) is 11.1. The number of nitrogen functional groups attached to an aromatic ring is 1. The summed E-state index contributed by atoms with van der Waals surface area (Å²) >= 11 is 3.15. The number of carboxylic acid groups (broad SMARTS) is 2. The molecule has 1 heterocycles. The first-order valence-electron chi connectivity index (χ1n) is 11.9. The number of benzene rings is 3. The largest absolute Gasteiger partial charge is 0.478 e. The number of halogens is 1. The van der Waals surface area contributed by atoms with E-state index in [2.05, 4.69) is 20.9 Å². The molecule has 0 aliphatic heterocycles. The van der Waals surface area contributed by atoms with Gasteiger partial charge in [-0.25, -0.2) is 9.59 Å². The lowest BCUT2D eigenvalue weighted by Crippen LogP contribution is -2.13. The minimum Gasteiger partial charge on any atom is -0.478 e. The molecule has 11 heteroatoms. The fourth-order valence-electron chi connectivity index (χ4n) is 4.12. The van der Waals surface area contributed by atoms with Gasteiger partial charge in [0.1, 0.15) is 5.75 Å². The molecule has 0 radical (unpaired) electrons. The summed E-state index contributed by atoms with van der Waals surface area (Å²) in [6, 6.07) is 20.7. The molecule has 5 rings (SSSR count). The molecule has 0 fully saturated rings. The maximum Gasteiger partial charge on any atom is 0.337 e. The van der Waals surface area contributed by atoms with E-state index >= 15 is 0 Å². The lowest BCUT2D eigenvalue weighted by Gasteiger charge is -2.18. The van der Waals surface area contributed by atoms with Crippen LogP contribution in [0.2, 0.25) is 0 Å². The fourth-order valence-corrected chi connectivity index (χ4v) is 5.09. The van der Waals surface area contributed by atoms with Crippen LogP contribution in [0, 0.1) is 0 Å². The summed E-state index contributed by atoms with van der Waals surface area (Å²) < 4.78 is 29.9. The average Bonchev–Trinajstić information content (AvgIpc) is 2.88. The maximum atomic E-state index is 11.5. The summed E-state index contributed by atoms with van der Waals surface area (Å²) in [6.07, 6.45) is 3.92. The second-order valence-electron chi connectivity index (χ2n) is 8.69. The highest BCUT2D eigenvalue weighted by Crippen LogP contribution is 2.29. The van der Waals surface area contributed by atoms with Gasteiger partial charge in [-0.1, -0.05) is 64.5 Å². The number of pyridine rings is 1. The minimum absolute atomic E-state index is 0.124. The Kier molecular flexibility index (Phi) is 10.2. The first kappa shape index (κ1) is 29.8. The molecule has 5 N–H and O–H groups in total. The van der Waals surface area contributed by atoms with Crippen LogP contribution in [0.5, 0.6) is 0 Å². The molecule has 0 bridgehead atoms. The van der Waals surface area contributed by atoms with Crippen LogP contribution in [0.4, 0.5) is 5.69 Å². The van der Waals surface area contributed by atoms with Gasteiger partial charge in [-0.2, -0.15) is 8.42 Å². The van der Waals surface area contributed by atoms with Gasteiger partial charge in [-0.05, 0) is 61.1 Å². The van der Waals surface area contributed by atoms with Gasteiger partial charge in [0.25, 0.3) is 10.1 Å². The molecular weight excluding hydrogens is 588 g/mol. The summed E-state index contributed by atoms with van der Waals surface area (Å²) in [5, 5.41) is 18.8. The van der Waals surface area contributed by atoms with Crippen molar-refractivity contribution >= 4 is 54.6 Å². The maximum absolute atomic E-state index is 11.5. The van der Waals surface area contributed by atoms with Gasteiger partial charge in [0.15, 0.2) is 0 Å². The molecule has 1 aromatic heterocycles. The molecular formula is C28H27BrN2O7S. The molecule has 1 aliphatic carbocycles. The molecule has 0 saturated carbocycles. The molecule has 0 atom stereocenters. The van der Waals surface area contributed by atoms with E-state index in [4.69, 9.17) is 15.4 Å². The van der Waals surface area contributed by atoms with E-state index in [1.165, 1.54) is 6.07 Å². The first-order chi connectivity index (χ1) is 18.5. The Morgan fingerprint density at radius 3 is 2.15 bits per heavy atom. The molecule has 9 nitrogen and oxygen atoms in total. The Morgan fingerprint density at radius 1 is 0.897 bits per heavy atom. The van der Waals surface area contributed by atoms with E-state index in [1.807, 2.05) is 24.3 Å². The summed E-state index contributed by atoms with van der Waals surface area (Å²) in [5.41, 5.74) is 9.57. The van der Waals surface area contributed by atoms with Gasteiger partial charge in [0.2, 0.25) is 0 Å². The highest BCUT2D eigenvalue weighted by atomic mass is 79.9. The number of hydrogen-bond donors (Lipinski definition) is 4. The zero-order valence-electron chi connectivity index (χ0n) is 20.7. The van der Waals surface area contributed by atoms with Crippen molar-refractivity contribution < 1.29 is 32.8 Å². The van der Waals surface area contributed by atoms with Crippen molar-refractivity contribution in [3.05, 3.63) is 105 Å². The SMILES string of the molecule is Nc1ccc(Br)cc1C(=O)O.O=C(O)c1c2c(nc3ccccc13)CCCC2.O=S(=O)(O)Cc1ccccc1. The number of fused-ring (bicyclic) bond motifs is 2. The number of para-hydroxylation sites is 1. The zero-order valence-corrected chi connectivity index (χ0v) is 23.2. The predicted molar refractivity (Wildman–Crippen MR) is 153 cm³/mol. The summed E-state index contributed by atoms with van der Waals surface area (Å²) in [4.78, 5) is 26.5. The molecule has 39 heavy (non-hydrogen) atoms. The Hall–Kier alpha value is -3.80. The Balaban J connectivity index is 0.000000169. The standard InChI is InChI=1S/C14H13NO2.C7H6BrNO2.C7H8O3S/c16-14(17)13-9-5-1-3-7-11(9)15-12-8-4-2-6-10(12)13;8-4-1-2-6(9)5(3-4)7(10)11;8-11(9,10)6-7-4-2-1-3-5-7/h1,3,5,7H,2,4,6,8H2,(H,16,17);1-3H,9H2,(H,10,11);1-5H,6H2,(H,8,9,10). The van der Waals surface area contributed by atoms with Crippen LogP contribution in [0.3, 0.4) is 0 Å². The van der Waals surface area contributed by atoms with E-state index in [0.717, 1.165) is 47.8 Å². The third kappa shape index (κ3) is 8.60. The number of nitrogens with two attached hydrogens (primary N) is 1. The number of nitrogens with zero attached hydrogens (tertiary/aromatic N) is 1. The summed E-state index contributed by atoms with van der Waals surface area (Å²) in [7, 11) is -3.88. The molecule has 0 spiro atoms. The van der Waals surface area contributed by atoms with Crippen molar-refractivity contribution in [2.24, 2.45) is 0 Å². The van der Waals surface area contributed by atoms with Gasteiger partial charge < -0.3 is 15.9 Å². The van der Waals surface area contributed by atoms with E-state index in [0.29, 0.717) is 15.6 Å². The van der Waals surface area contributed by atoms with E-state index in [9.17, 15) is 23.1 Å². The van der Waals surface area contributed by atoms with Crippen molar-refractivity contribution in [2.75, 3.05) is 5.73 Å². The average molecular weight is 616 g/mol. The lowest BCUT2D eigenvalue weighted by molar-refractivity contribution is 0.0686. The zero-order chi connectivity index (χ0) is 28.6. The van der Waals surface area contributed by atoms with Gasteiger partial charge in [0, 0.05) is 21.2 Å². The first-order valence-corrected chi connectivity index (χ1v) is 14.3. The van der Waals surface area contributed by atoms with Crippen LogP contribution in [-0.4, -0.2) is 40.1 Å². The minimum atomic E-state index is -3.88. The number of aryl methyl sites for hydroxylation is 1. The number of rotatable bonds is 4. The number of aromatic carboxylic acids is 2. The second kappa shape index (κ2) is 13.3. The van der Waals surface area contributed by atoms with Crippen LogP contribution in [0.15, 0.2) is 77.3 Å². The van der Waals surface area contributed by atoms with Gasteiger partial charge >= 0.3 is 11.9 Å². The van der Waals surface area contributed by atoms with Crippen LogP contribution in [-0.2, 0) is 28.7 Å². The van der Waals surface area contributed by atoms with Crippen molar-refractivity contribution in [3.63, 3.8) is 0 Å². The number of anilines is 1. The van der Waals surface area contributed by atoms with Gasteiger partial charge in [-0.15, -0.1) is 0 Å². The van der Waals surface area contributed by atoms with Crippen LogP contribution in [0.25, 0.3) is 10.9 Å². The molecule has 0 unspecified atom stereocenters. The lowest BCUT2D eigenvalue weighted by atomic mass is 9.90. The number of carboxylic acids is 2. The normalized spacial score (nSPS) is 12.3. The summed E-state index contributed by atoms with van der Waals surface area (Å²) in [6.45, 7) is 0. The third-order valence-electron chi connectivity index (χ3n) is 5.82. The van der Waals surface area contributed by atoms with E-state index in [1.54, 1.807) is 42.5 Å². The molecule has 204 valence electrons. The van der Waals surface area contributed by atoms with Crippen LogP contribution >= 0.6 is 15.9 Å². The monoisotopic (exact) mass is 614 g/mol. The summed E-state index contributed by atoms with van der Waals surface area (Å²) in [5.74, 6) is -2.15. The van der Waals surface area contributed by atoms with Crippen molar-refractivity contribution in [1.29, 1.82) is 0 Å². The molecule has 0 amide bonds. The van der Waals surface area contributed by atoms with Crippen molar-refractivity contribution in [1.82, 2.24) is 4.98 Å². The van der Waals surface area contributed by atoms with Crippen LogP contribution < -0.4 is 5.73 Å². The Bertz CT molecular complexity index is 1590. The van der Waals surface area contributed by atoms with Gasteiger partial charge in [-0.3, -0.25) is 9.54 Å². The van der Waals surface area contributed by atoms with Crippen molar-refractivity contribution in [2.45, 2.75) is 31.4 Å². The van der Waals surface area contributed by atoms with Gasteiger partial charge in [0.05, 0.1) is 16.6 Å². The third-order valence-corrected chi connectivity index (χ3v) is 7.01. The molecule has 4 aromatic rings. The number of hydrogen-bond acceptors (Lipinski definition) is 6. The highest BCUT2D eigenvalue weighted by Gasteiger charge is 2.21. The Labute approximate surface area is 234 Å².